The highest BCUT2D eigenvalue weighted by molar-refractivity contribution is 6.05. The van der Waals surface area contributed by atoms with Gasteiger partial charge in [0.1, 0.15) is 5.56 Å². The van der Waals surface area contributed by atoms with Crippen LogP contribution in [0.2, 0.25) is 0 Å². The number of aromatic nitrogens is 1. The second-order valence-electron chi connectivity index (χ2n) is 7.09. The number of nitrogens with zero attached hydrogens (tertiary/aromatic N) is 1. The number of para-hydroxylation sites is 1. The number of carbonyl (C=O) groups is 1. The summed E-state index contributed by atoms with van der Waals surface area (Å²) in [4.78, 5) is 25.7. The monoisotopic (exact) mass is 368 g/mol. The average Bonchev–Trinajstić information content (AvgIpc) is 2.64. The van der Waals surface area contributed by atoms with Crippen molar-refractivity contribution in [3.05, 3.63) is 62.6 Å². The molecule has 0 saturated heterocycles. The first-order chi connectivity index (χ1) is 12.9. The van der Waals surface area contributed by atoms with Gasteiger partial charge in [0.2, 0.25) is 0 Å². The fourth-order valence-electron chi connectivity index (χ4n) is 3.61. The lowest BCUT2D eigenvalue weighted by Crippen LogP contribution is -2.28. The van der Waals surface area contributed by atoms with Gasteiger partial charge in [-0.1, -0.05) is 51.8 Å². The van der Waals surface area contributed by atoms with E-state index in [1.54, 1.807) is 6.07 Å². The largest absolute Gasteiger partial charge is 0.348 e. The summed E-state index contributed by atoms with van der Waals surface area (Å²) in [6.07, 6.45) is 4.93. The molecule has 0 saturated carbocycles. The first-order valence-electron chi connectivity index (χ1n) is 10.1. The number of pyridine rings is 1. The normalized spacial score (nSPS) is 10.9. The number of carbonyl (C=O) groups excluding carboxylic acids is 1. The molecule has 27 heavy (non-hydrogen) atoms. The first-order valence-corrected chi connectivity index (χ1v) is 10.1. The second-order valence-corrected chi connectivity index (χ2v) is 7.09. The molecule has 0 radical (unpaired) electrons. The van der Waals surface area contributed by atoms with E-state index in [2.05, 4.69) is 23.7 Å². The van der Waals surface area contributed by atoms with Gasteiger partial charge in [-0.25, -0.2) is 0 Å². The van der Waals surface area contributed by atoms with Crippen LogP contribution in [-0.2, 0) is 19.4 Å². The minimum absolute atomic E-state index is 0.194. The molecule has 0 aliphatic rings. The molecule has 2 rings (SSSR count). The van der Waals surface area contributed by atoms with Crippen molar-refractivity contribution in [3.8, 4) is 0 Å². The lowest BCUT2D eigenvalue weighted by atomic mass is 10.0. The Morgan fingerprint density at radius 3 is 2.44 bits per heavy atom. The van der Waals surface area contributed by atoms with Crippen molar-refractivity contribution in [2.45, 2.75) is 73.3 Å². The van der Waals surface area contributed by atoms with Crippen molar-refractivity contribution in [1.82, 2.24) is 4.57 Å². The Bertz CT molecular complexity index is 865. The quantitative estimate of drug-likeness (QED) is 0.664. The maximum atomic E-state index is 13.0. The predicted octanol–water partition coefficient (Wildman–Crippen LogP) is 5.03. The number of aryl methyl sites for hydroxylation is 3. The summed E-state index contributed by atoms with van der Waals surface area (Å²) in [5.74, 6) is -0.312. The second kappa shape index (κ2) is 9.54. The molecule has 0 bridgehead atoms. The minimum Gasteiger partial charge on any atom is -0.348 e. The molecule has 2 aromatic rings. The van der Waals surface area contributed by atoms with E-state index in [4.69, 9.17) is 0 Å². The van der Waals surface area contributed by atoms with Crippen molar-refractivity contribution in [1.29, 1.82) is 0 Å². The standard InChI is InChI=1S/C23H32N2O2/c1-6-9-10-14-25-17(5)21(20(26)15-19(25)8-3)23(27)24-22-16(4)12-11-13-18(22)7-2/h11-13,15H,6-10,14H2,1-5H3,(H,24,27). The summed E-state index contributed by atoms with van der Waals surface area (Å²) < 4.78 is 2.14. The predicted molar refractivity (Wildman–Crippen MR) is 113 cm³/mol. The van der Waals surface area contributed by atoms with Crippen molar-refractivity contribution >= 4 is 11.6 Å². The van der Waals surface area contributed by atoms with Gasteiger partial charge in [-0.2, -0.15) is 0 Å². The van der Waals surface area contributed by atoms with E-state index in [1.165, 1.54) is 0 Å². The lowest BCUT2D eigenvalue weighted by Gasteiger charge is -2.19. The van der Waals surface area contributed by atoms with Gasteiger partial charge in [0.25, 0.3) is 5.91 Å². The Labute approximate surface area is 162 Å². The van der Waals surface area contributed by atoms with E-state index < -0.39 is 0 Å². The number of anilines is 1. The van der Waals surface area contributed by atoms with Crippen LogP contribution in [0.4, 0.5) is 5.69 Å². The zero-order valence-electron chi connectivity index (χ0n) is 17.3. The molecule has 0 aliphatic carbocycles. The molecule has 146 valence electrons. The van der Waals surface area contributed by atoms with E-state index in [1.807, 2.05) is 39.0 Å². The van der Waals surface area contributed by atoms with Crippen LogP contribution in [0.25, 0.3) is 0 Å². The van der Waals surface area contributed by atoms with Gasteiger partial charge in [0, 0.05) is 29.7 Å². The number of hydrogen-bond donors (Lipinski definition) is 1. The SMILES string of the molecule is CCCCCn1c(CC)cc(=O)c(C(=O)Nc2c(C)cccc2CC)c1C. The Hall–Kier alpha value is -2.36. The van der Waals surface area contributed by atoms with Crippen molar-refractivity contribution in [2.75, 3.05) is 5.32 Å². The smallest absolute Gasteiger partial charge is 0.261 e. The Morgan fingerprint density at radius 1 is 1.07 bits per heavy atom. The van der Waals surface area contributed by atoms with Crippen LogP contribution in [-0.4, -0.2) is 10.5 Å². The van der Waals surface area contributed by atoms with E-state index in [-0.39, 0.29) is 16.9 Å². The lowest BCUT2D eigenvalue weighted by molar-refractivity contribution is 0.102. The number of unbranched alkanes of at least 4 members (excludes halogenated alkanes) is 2. The highest BCUT2D eigenvalue weighted by Gasteiger charge is 2.19. The van der Waals surface area contributed by atoms with Crippen molar-refractivity contribution < 1.29 is 4.79 Å². The van der Waals surface area contributed by atoms with Crippen LogP contribution in [0, 0.1) is 13.8 Å². The maximum absolute atomic E-state index is 13.0. The molecule has 1 N–H and O–H groups in total. The third-order valence-corrected chi connectivity index (χ3v) is 5.21. The van der Waals surface area contributed by atoms with Gasteiger partial charge in [0.15, 0.2) is 5.43 Å². The van der Waals surface area contributed by atoms with Gasteiger partial charge in [-0.05, 0) is 44.2 Å². The number of nitrogens with one attached hydrogen (secondary N) is 1. The summed E-state index contributed by atoms with van der Waals surface area (Å²) in [5.41, 5.74) is 4.73. The van der Waals surface area contributed by atoms with Crippen LogP contribution < -0.4 is 10.7 Å². The number of benzene rings is 1. The Morgan fingerprint density at radius 2 is 1.81 bits per heavy atom. The molecule has 1 amide bonds. The van der Waals surface area contributed by atoms with Crippen LogP contribution in [0.3, 0.4) is 0 Å². The summed E-state index contributed by atoms with van der Waals surface area (Å²) >= 11 is 0. The number of rotatable bonds is 8. The summed E-state index contributed by atoms with van der Waals surface area (Å²) in [6, 6.07) is 7.61. The van der Waals surface area contributed by atoms with E-state index in [0.29, 0.717) is 0 Å². The van der Waals surface area contributed by atoms with E-state index in [9.17, 15) is 9.59 Å². The topological polar surface area (TPSA) is 51.1 Å². The van der Waals surface area contributed by atoms with E-state index in [0.717, 1.165) is 66.9 Å². The third-order valence-electron chi connectivity index (χ3n) is 5.21. The minimum atomic E-state index is -0.312. The molecule has 0 aliphatic heterocycles. The van der Waals surface area contributed by atoms with Gasteiger partial charge in [0.05, 0.1) is 0 Å². The zero-order chi connectivity index (χ0) is 20.0. The molecule has 0 atom stereocenters. The molecular formula is C23H32N2O2. The Kier molecular flexibility index (Phi) is 7.40. The number of amides is 1. The fourth-order valence-corrected chi connectivity index (χ4v) is 3.61. The molecule has 1 aromatic heterocycles. The summed E-state index contributed by atoms with van der Waals surface area (Å²) in [6.45, 7) is 11.0. The maximum Gasteiger partial charge on any atom is 0.261 e. The summed E-state index contributed by atoms with van der Waals surface area (Å²) in [5, 5.41) is 3.01. The highest BCUT2D eigenvalue weighted by atomic mass is 16.2. The zero-order valence-corrected chi connectivity index (χ0v) is 17.3. The fraction of sp³-hybridized carbons (Fsp3) is 0.478. The molecule has 0 fully saturated rings. The molecule has 4 nitrogen and oxygen atoms in total. The molecule has 0 unspecified atom stereocenters. The number of hydrogen-bond acceptors (Lipinski definition) is 2. The van der Waals surface area contributed by atoms with Crippen LogP contribution in [0.5, 0.6) is 0 Å². The third kappa shape index (κ3) is 4.68. The average molecular weight is 369 g/mol. The molecule has 4 heteroatoms. The van der Waals surface area contributed by atoms with E-state index >= 15 is 0 Å². The van der Waals surface area contributed by atoms with Crippen molar-refractivity contribution in [3.63, 3.8) is 0 Å². The van der Waals surface area contributed by atoms with Gasteiger partial charge in [-0.15, -0.1) is 0 Å². The van der Waals surface area contributed by atoms with Crippen LogP contribution in [0.15, 0.2) is 29.1 Å². The van der Waals surface area contributed by atoms with Gasteiger partial charge in [-0.3, -0.25) is 9.59 Å². The summed E-state index contributed by atoms with van der Waals surface area (Å²) in [7, 11) is 0. The van der Waals surface area contributed by atoms with Gasteiger partial charge < -0.3 is 9.88 Å². The molecule has 1 aromatic carbocycles. The molecular weight excluding hydrogens is 336 g/mol. The van der Waals surface area contributed by atoms with Crippen LogP contribution in [0.1, 0.15) is 72.9 Å². The molecule has 0 spiro atoms. The van der Waals surface area contributed by atoms with Crippen LogP contribution >= 0.6 is 0 Å². The van der Waals surface area contributed by atoms with Gasteiger partial charge >= 0.3 is 0 Å². The van der Waals surface area contributed by atoms with Crippen molar-refractivity contribution in [2.24, 2.45) is 0 Å². The molecule has 1 heterocycles. The first kappa shape index (κ1) is 20.9. The highest BCUT2D eigenvalue weighted by Crippen LogP contribution is 2.22. The Balaban J connectivity index is 2.44.